The van der Waals surface area contributed by atoms with Crippen molar-refractivity contribution in [3.8, 4) is 0 Å². The zero-order chi connectivity index (χ0) is 14.7. The summed E-state index contributed by atoms with van der Waals surface area (Å²) in [6.07, 6.45) is -2.63. The molecule has 0 bridgehead atoms. The van der Waals surface area contributed by atoms with E-state index in [1.807, 2.05) is 0 Å². The van der Waals surface area contributed by atoms with Crippen molar-refractivity contribution in [1.29, 1.82) is 0 Å². The van der Waals surface area contributed by atoms with E-state index in [2.05, 4.69) is 0 Å². The van der Waals surface area contributed by atoms with Crippen molar-refractivity contribution < 1.29 is 18.7 Å². The fourth-order valence-electron chi connectivity index (χ4n) is 1.89. The van der Waals surface area contributed by atoms with Crippen LogP contribution in [0.25, 0.3) is 10.1 Å². The summed E-state index contributed by atoms with van der Waals surface area (Å²) in [5.41, 5.74) is 6.24. The molecule has 0 radical (unpaired) electrons. The molecular weight excluding hydrogens is 286 g/mol. The van der Waals surface area contributed by atoms with Crippen molar-refractivity contribution >= 4 is 33.0 Å². The number of nitrogen functional groups attached to an aromatic ring is 1. The number of rotatable bonds is 5. The van der Waals surface area contributed by atoms with Gasteiger partial charge in [0, 0.05) is 16.9 Å². The van der Waals surface area contributed by atoms with Crippen LogP contribution >= 0.6 is 11.3 Å². The lowest BCUT2D eigenvalue weighted by Gasteiger charge is -2.20. The maximum Gasteiger partial charge on any atom is 0.264 e. The molecule has 2 aromatic rings. The van der Waals surface area contributed by atoms with Gasteiger partial charge in [-0.3, -0.25) is 4.79 Å². The second-order valence-corrected chi connectivity index (χ2v) is 5.36. The fraction of sp³-hybridized carbons (Fsp3) is 0.308. The standard InChI is InChI=1S/C13H14F2N2O2S/c14-12(15)7-17(3-4-18)13(19)11-6-8-5-9(16)1-2-10(8)20-11/h1-2,5-6,12,18H,3-4,7,16H2. The van der Waals surface area contributed by atoms with Gasteiger partial charge in [-0.2, -0.15) is 0 Å². The van der Waals surface area contributed by atoms with Crippen molar-refractivity contribution in [2.24, 2.45) is 0 Å². The Bertz CT molecular complexity index is 615. The van der Waals surface area contributed by atoms with Crippen LogP contribution in [0.5, 0.6) is 0 Å². The van der Waals surface area contributed by atoms with Crippen LogP contribution in [0.3, 0.4) is 0 Å². The van der Waals surface area contributed by atoms with Crippen LogP contribution in [0.1, 0.15) is 9.67 Å². The van der Waals surface area contributed by atoms with Crippen LogP contribution in [0.4, 0.5) is 14.5 Å². The molecule has 1 aromatic heterocycles. The van der Waals surface area contributed by atoms with Crippen LogP contribution in [-0.4, -0.2) is 42.0 Å². The summed E-state index contributed by atoms with van der Waals surface area (Å²) in [5.74, 6) is -0.501. The Morgan fingerprint density at radius 1 is 1.40 bits per heavy atom. The molecule has 108 valence electrons. The minimum atomic E-state index is -2.63. The number of aliphatic hydroxyl groups excluding tert-OH is 1. The van der Waals surface area contributed by atoms with E-state index in [1.54, 1.807) is 24.3 Å². The Labute approximate surface area is 118 Å². The molecule has 0 saturated carbocycles. The van der Waals surface area contributed by atoms with E-state index in [1.165, 1.54) is 11.3 Å². The fourth-order valence-corrected chi connectivity index (χ4v) is 2.90. The smallest absolute Gasteiger partial charge is 0.264 e. The van der Waals surface area contributed by atoms with Gasteiger partial charge in [0.1, 0.15) is 0 Å². The highest BCUT2D eigenvalue weighted by atomic mass is 32.1. The van der Waals surface area contributed by atoms with Gasteiger partial charge in [-0.25, -0.2) is 8.78 Å². The number of nitrogens with zero attached hydrogens (tertiary/aromatic N) is 1. The zero-order valence-corrected chi connectivity index (χ0v) is 11.4. The number of aliphatic hydroxyl groups is 1. The first-order valence-corrected chi connectivity index (χ1v) is 6.80. The monoisotopic (exact) mass is 300 g/mol. The molecular formula is C13H14F2N2O2S. The summed E-state index contributed by atoms with van der Waals surface area (Å²) < 4.78 is 25.8. The average Bonchev–Trinajstić information content (AvgIpc) is 2.79. The highest BCUT2D eigenvalue weighted by Gasteiger charge is 2.21. The molecule has 1 aromatic carbocycles. The highest BCUT2D eigenvalue weighted by Crippen LogP contribution is 2.28. The minimum Gasteiger partial charge on any atom is -0.399 e. The first-order valence-electron chi connectivity index (χ1n) is 5.98. The molecule has 0 fully saturated rings. The molecule has 0 aliphatic heterocycles. The Kier molecular flexibility index (Phi) is 4.51. The number of hydrogen-bond donors (Lipinski definition) is 2. The molecule has 0 atom stereocenters. The predicted octanol–water partition coefficient (Wildman–Crippen LogP) is 2.18. The largest absolute Gasteiger partial charge is 0.399 e. The van der Waals surface area contributed by atoms with Gasteiger partial charge in [0.2, 0.25) is 0 Å². The van der Waals surface area contributed by atoms with Crippen molar-refractivity contribution in [2.45, 2.75) is 6.43 Å². The van der Waals surface area contributed by atoms with Gasteiger partial charge in [-0.05, 0) is 29.7 Å². The number of halogens is 2. The van der Waals surface area contributed by atoms with Gasteiger partial charge in [0.05, 0.1) is 18.0 Å². The number of thiophene rings is 1. The molecule has 7 heteroatoms. The van der Waals surface area contributed by atoms with E-state index in [0.717, 1.165) is 15.0 Å². The van der Waals surface area contributed by atoms with E-state index in [9.17, 15) is 13.6 Å². The van der Waals surface area contributed by atoms with E-state index in [-0.39, 0.29) is 13.2 Å². The normalized spacial score (nSPS) is 11.2. The van der Waals surface area contributed by atoms with E-state index in [4.69, 9.17) is 10.8 Å². The lowest BCUT2D eigenvalue weighted by atomic mass is 10.2. The maximum atomic E-state index is 12.5. The molecule has 3 N–H and O–H groups in total. The highest BCUT2D eigenvalue weighted by molar-refractivity contribution is 7.20. The van der Waals surface area contributed by atoms with Gasteiger partial charge >= 0.3 is 0 Å². The van der Waals surface area contributed by atoms with Crippen LogP contribution in [0, 0.1) is 0 Å². The summed E-state index contributed by atoms with van der Waals surface area (Å²) >= 11 is 1.22. The predicted molar refractivity (Wildman–Crippen MR) is 75.2 cm³/mol. The number of hydrogen-bond acceptors (Lipinski definition) is 4. The van der Waals surface area contributed by atoms with Gasteiger partial charge in [0.25, 0.3) is 12.3 Å². The number of carbonyl (C=O) groups is 1. The van der Waals surface area contributed by atoms with Crippen LogP contribution in [-0.2, 0) is 0 Å². The number of carbonyl (C=O) groups excluding carboxylic acids is 1. The SMILES string of the molecule is Nc1ccc2sc(C(=O)N(CCO)CC(F)F)cc2c1. The summed E-state index contributed by atoms with van der Waals surface area (Å²) in [5, 5.41) is 9.67. The Balaban J connectivity index is 2.28. The topological polar surface area (TPSA) is 66.6 Å². The van der Waals surface area contributed by atoms with Crippen molar-refractivity contribution in [3.63, 3.8) is 0 Å². The summed E-state index contributed by atoms with van der Waals surface area (Å²) in [6, 6.07) is 6.87. The van der Waals surface area contributed by atoms with Gasteiger partial charge in [0.15, 0.2) is 0 Å². The molecule has 2 rings (SSSR count). The molecule has 1 heterocycles. The van der Waals surface area contributed by atoms with Crippen LogP contribution in [0.2, 0.25) is 0 Å². The Hall–Kier alpha value is -1.73. The van der Waals surface area contributed by atoms with Gasteiger partial charge < -0.3 is 15.7 Å². The lowest BCUT2D eigenvalue weighted by Crippen LogP contribution is -2.36. The van der Waals surface area contributed by atoms with Crippen molar-refractivity contribution in [2.75, 3.05) is 25.4 Å². The zero-order valence-electron chi connectivity index (χ0n) is 10.6. The summed E-state index contributed by atoms with van der Waals surface area (Å²) in [4.78, 5) is 13.5. The maximum absolute atomic E-state index is 12.5. The number of benzene rings is 1. The molecule has 0 aliphatic carbocycles. The van der Waals surface area contributed by atoms with Crippen molar-refractivity contribution in [3.05, 3.63) is 29.1 Å². The van der Waals surface area contributed by atoms with Crippen LogP contribution < -0.4 is 5.73 Å². The third-order valence-electron chi connectivity index (χ3n) is 2.77. The second kappa shape index (κ2) is 6.15. The molecule has 0 unspecified atom stereocenters. The van der Waals surface area contributed by atoms with Gasteiger partial charge in [-0.1, -0.05) is 0 Å². The Morgan fingerprint density at radius 2 is 2.15 bits per heavy atom. The number of fused-ring (bicyclic) bond motifs is 1. The average molecular weight is 300 g/mol. The Morgan fingerprint density at radius 3 is 2.80 bits per heavy atom. The minimum absolute atomic E-state index is 0.112. The quantitative estimate of drug-likeness (QED) is 0.832. The van der Waals surface area contributed by atoms with E-state index in [0.29, 0.717) is 10.6 Å². The van der Waals surface area contributed by atoms with Gasteiger partial charge in [-0.15, -0.1) is 11.3 Å². The summed E-state index contributed by atoms with van der Waals surface area (Å²) in [7, 11) is 0. The molecule has 4 nitrogen and oxygen atoms in total. The second-order valence-electron chi connectivity index (χ2n) is 4.27. The van der Waals surface area contributed by atoms with E-state index >= 15 is 0 Å². The molecule has 0 spiro atoms. The number of amides is 1. The number of anilines is 1. The summed E-state index contributed by atoms with van der Waals surface area (Å²) in [6.45, 7) is -1.15. The number of nitrogens with two attached hydrogens (primary N) is 1. The lowest BCUT2D eigenvalue weighted by molar-refractivity contribution is 0.0513. The third kappa shape index (κ3) is 3.23. The number of alkyl halides is 2. The van der Waals surface area contributed by atoms with Crippen molar-refractivity contribution in [1.82, 2.24) is 4.90 Å². The van der Waals surface area contributed by atoms with Crippen LogP contribution in [0.15, 0.2) is 24.3 Å². The first-order chi connectivity index (χ1) is 9.51. The third-order valence-corrected chi connectivity index (χ3v) is 3.87. The first kappa shape index (κ1) is 14.7. The molecule has 0 saturated heterocycles. The van der Waals surface area contributed by atoms with E-state index < -0.39 is 18.9 Å². The molecule has 0 aliphatic rings. The molecule has 1 amide bonds. The molecule has 20 heavy (non-hydrogen) atoms.